The Balaban J connectivity index is 1.96. The molecular weight excluding hydrogens is 293 g/mol. The molecule has 0 aliphatic carbocycles. The highest BCUT2D eigenvalue weighted by atomic mass is 32.2. The minimum absolute atomic E-state index is 0.0455. The maximum atomic E-state index is 12.5. The normalized spacial score (nSPS) is 23.6. The number of alkyl halides is 3. The van der Waals surface area contributed by atoms with Crippen molar-refractivity contribution >= 4 is 10.0 Å². The summed E-state index contributed by atoms with van der Waals surface area (Å²) in [5, 5.41) is 3.16. The van der Waals surface area contributed by atoms with Crippen LogP contribution in [0.1, 0.15) is 19.3 Å². The quantitative estimate of drug-likeness (QED) is 0.804. The van der Waals surface area contributed by atoms with E-state index in [0.29, 0.717) is 0 Å². The fourth-order valence-electron chi connectivity index (χ4n) is 2.61. The third kappa shape index (κ3) is 3.95. The van der Waals surface area contributed by atoms with E-state index in [1.807, 2.05) is 0 Å². The van der Waals surface area contributed by atoms with E-state index in [1.54, 1.807) is 0 Å². The SMILES string of the molecule is O=S(=O)(CC1CCNCC1)N1CC=C(C(F)(F)F)CC1. The van der Waals surface area contributed by atoms with Gasteiger partial charge < -0.3 is 5.32 Å². The van der Waals surface area contributed by atoms with Crippen LogP contribution in [0, 0.1) is 5.92 Å². The van der Waals surface area contributed by atoms with E-state index in [4.69, 9.17) is 0 Å². The lowest BCUT2D eigenvalue weighted by Crippen LogP contribution is -2.41. The second kappa shape index (κ2) is 6.03. The first-order chi connectivity index (χ1) is 9.29. The molecule has 2 heterocycles. The van der Waals surface area contributed by atoms with Crippen LogP contribution in [0.3, 0.4) is 0 Å². The molecule has 0 spiro atoms. The predicted molar refractivity (Wildman–Crippen MR) is 69.7 cm³/mol. The van der Waals surface area contributed by atoms with Crippen molar-refractivity contribution < 1.29 is 21.6 Å². The van der Waals surface area contributed by atoms with Gasteiger partial charge >= 0.3 is 6.18 Å². The zero-order valence-corrected chi connectivity index (χ0v) is 11.9. The lowest BCUT2D eigenvalue weighted by atomic mass is 10.0. The average molecular weight is 312 g/mol. The average Bonchev–Trinajstić information content (AvgIpc) is 2.38. The third-order valence-corrected chi connectivity index (χ3v) is 5.85. The Kier molecular flexibility index (Phi) is 4.76. The molecule has 0 bridgehead atoms. The zero-order chi connectivity index (χ0) is 14.8. The standard InChI is InChI=1S/C12H19F3N2O2S/c13-12(14,15)11-3-7-17(8-4-11)20(18,19)9-10-1-5-16-6-2-10/h3,10,16H,1-2,4-9H2. The Morgan fingerprint density at radius 1 is 1.30 bits per heavy atom. The van der Waals surface area contributed by atoms with Gasteiger partial charge in [-0.25, -0.2) is 8.42 Å². The van der Waals surface area contributed by atoms with Crippen LogP contribution in [0.5, 0.6) is 0 Å². The highest BCUT2D eigenvalue weighted by Gasteiger charge is 2.37. The summed E-state index contributed by atoms with van der Waals surface area (Å²) < 4.78 is 63.1. The van der Waals surface area contributed by atoms with Crippen molar-refractivity contribution in [2.24, 2.45) is 5.92 Å². The van der Waals surface area contributed by atoms with E-state index >= 15 is 0 Å². The zero-order valence-electron chi connectivity index (χ0n) is 11.1. The molecule has 0 saturated carbocycles. The van der Waals surface area contributed by atoms with Crippen LogP contribution in [0.25, 0.3) is 0 Å². The fraction of sp³-hybridized carbons (Fsp3) is 0.833. The summed E-state index contributed by atoms with van der Waals surface area (Å²) in [5.41, 5.74) is -0.620. The highest BCUT2D eigenvalue weighted by molar-refractivity contribution is 7.89. The van der Waals surface area contributed by atoms with Crippen molar-refractivity contribution in [2.45, 2.75) is 25.4 Å². The molecule has 0 aromatic heterocycles. The Morgan fingerprint density at radius 3 is 2.45 bits per heavy atom. The molecule has 2 aliphatic rings. The first-order valence-corrected chi connectivity index (χ1v) is 8.35. The molecule has 0 aromatic carbocycles. The topological polar surface area (TPSA) is 49.4 Å². The minimum Gasteiger partial charge on any atom is -0.317 e. The van der Waals surface area contributed by atoms with Crippen molar-refractivity contribution in [3.63, 3.8) is 0 Å². The number of piperidine rings is 1. The summed E-state index contributed by atoms with van der Waals surface area (Å²) in [6.07, 6.45) is -2.00. The molecule has 116 valence electrons. The van der Waals surface area contributed by atoms with Crippen LogP contribution >= 0.6 is 0 Å². The third-order valence-electron chi connectivity index (χ3n) is 3.83. The summed E-state index contributed by atoms with van der Waals surface area (Å²) >= 11 is 0. The molecule has 0 atom stereocenters. The molecule has 0 radical (unpaired) electrons. The number of hydrogen-bond acceptors (Lipinski definition) is 3. The predicted octanol–water partition coefficient (Wildman–Crippen LogP) is 1.51. The number of sulfonamides is 1. The molecule has 4 nitrogen and oxygen atoms in total. The Labute approximate surface area is 117 Å². The smallest absolute Gasteiger partial charge is 0.317 e. The van der Waals surface area contributed by atoms with Gasteiger partial charge in [0.1, 0.15) is 0 Å². The van der Waals surface area contributed by atoms with Gasteiger partial charge in [0.15, 0.2) is 0 Å². The van der Waals surface area contributed by atoms with Gasteiger partial charge in [0.2, 0.25) is 10.0 Å². The number of nitrogens with one attached hydrogen (secondary N) is 1. The maximum absolute atomic E-state index is 12.5. The molecule has 2 rings (SSSR count). The van der Waals surface area contributed by atoms with Gasteiger partial charge in [-0.3, -0.25) is 0 Å². The minimum atomic E-state index is -4.34. The molecule has 1 saturated heterocycles. The van der Waals surface area contributed by atoms with Crippen LogP contribution in [0.15, 0.2) is 11.6 Å². The molecule has 8 heteroatoms. The van der Waals surface area contributed by atoms with Gasteiger partial charge in [-0.1, -0.05) is 6.08 Å². The lowest BCUT2D eigenvalue weighted by Gasteiger charge is -2.29. The van der Waals surface area contributed by atoms with Crippen LogP contribution in [-0.2, 0) is 10.0 Å². The van der Waals surface area contributed by atoms with Gasteiger partial charge in [0, 0.05) is 18.7 Å². The largest absolute Gasteiger partial charge is 0.412 e. The number of hydrogen-bond donors (Lipinski definition) is 1. The van der Waals surface area contributed by atoms with E-state index in [-0.39, 0.29) is 31.2 Å². The summed E-state index contributed by atoms with van der Waals surface area (Å²) in [6, 6.07) is 0. The molecule has 0 amide bonds. The Bertz CT molecular complexity index is 468. The number of halogens is 3. The van der Waals surface area contributed by atoms with Gasteiger partial charge in [-0.2, -0.15) is 17.5 Å². The fourth-order valence-corrected chi connectivity index (χ4v) is 4.42. The van der Waals surface area contributed by atoms with Gasteiger partial charge in [0.25, 0.3) is 0 Å². The van der Waals surface area contributed by atoms with E-state index in [9.17, 15) is 21.6 Å². The molecule has 20 heavy (non-hydrogen) atoms. The second-order valence-electron chi connectivity index (χ2n) is 5.31. The van der Waals surface area contributed by atoms with Gasteiger partial charge in [-0.05, 0) is 38.3 Å². The summed E-state index contributed by atoms with van der Waals surface area (Å²) in [7, 11) is -3.46. The summed E-state index contributed by atoms with van der Waals surface area (Å²) in [6.45, 7) is 1.37. The monoisotopic (exact) mass is 312 g/mol. The summed E-state index contributed by atoms with van der Waals surface area (Å²) in [5.74, 6) is 0.151. The first-order valence-electron chi connectivity index (χ1n) is 6.74. The maximum Gasteiger partial charge on any atom is 0.412 e. The molecule has 0 aromatic rings. The molecule has 1 fully saturated rings. The van der Waals surface area contributed by atoms with Crippen LogP contribution in [0.2, 0.25) is 0 Å². The number of rotatable bonds is 3. The highest BCUT2D eigenvalue weighted by Crippen LogP contribution is 2.31. The number of nitrogens with zero attached hydrogens (tertiary/aromatic N) is 1. The lowest BCUT2D eigenvalue weighted by molar-refractivity contribution is -0.0953. The van der Waals surface area contributed by atoms with Gasteiger partial charge in [0.05, 0.1) is 5.75 Å². The van der Waals surface area contributed by atoms with E-state index in [1.165, 1.54) is 4.31 Å². The molecule has 0 unspecified atom stereocenters. The van der Waals surface area contributed by atoms with E-state index in [2.05, 4.69) is 5.32 Å². The van der Waals surface area contributed by atoms with Crippen molar-refractivity contribution in [3.8, 4) is 0 Å². The first kappa shape index (κ1) is 15.8. The van der Waals surface area contributed by atoms with Crippen molar-refractivity contribution in [1.82, 2.24) is 9.62 Å². The molecule has 2 aliphatic heterocycles. The van der Waals surface area contributed by atoms with Crippen LogP contribution in [0.4, 0.5) is 13.2 Å². The second-order valence-corrected chi connectivity index (χ2v) is 7.32. The van der Waals surface area contributed by atoms with E-state index in [0.717, 1.165) is 32.0 Å². The Hall–Kier alpha value is -0.600. The van der Waals surface area contributed by atoms with E-state index < -0.39 is 21.8 Å². The van der Waals surface area contributed by atoms with Crippen molar-refractivity contribution in [2.75, 3.05) is 31.9 Å². The van der Waals surface area contributed by atoms with Crippen molar-refractivity contribution in [3.05, 3.63) is 11.6 Å². The van der Waals surface area contributed by atoms with Crippen molar-refractivity contribution in [1.29, 1.82) is 0 Å². The van der Waals surface area contributed by atoms with Crippen LogP contribution in [-0.4, -0.2) is 50.8 Å². The van der Waals surface area contributed by atoms with Gasteiger partial charge in [-0.15, -0.1) is 0 Å². The molecule has 1 N–H and O–H groups in total. The molecular formula is C12H19F3N2O2S. The van der Waals surface area contributed by atoms with Crippen LogP contribution < -0.4 is 5.32 Å². The Morgan fingerprint density at radius 2 is 1.95 bits per heavy atom. The summed E-state index contributed by atoms with van der Waals surface area (Å²) in [4.78, 5) is 0.